The molecule has 2 rings (SSSR count). The molecule has 0 heterocycles. The molecule has 4 heteroatoms. The number of aromatic hydroxyl groups is 4. The van der Waals surface area contributed by atoms with E-state index in [-0.39, 0.29) is 23.0 Å². The highest BCUT2D eigenvalue weighted by molar-refractivity contribution is 5.39. The smallest absolute Gasteiger partial charge is 0.122 e. The van der Waals surface area contributed by atoms with Crippen LogP contribution in [-0.2, 0) is 12.8 Å². The third-order valence-electron chi connectivity index (χ3n) is 3.74. The highest BCUT2D eigenvalue weighted by Gasteiger charge is 2.01. The van der Waals surface area contributed by atoms with Crippen molar-refractivity contribution in [2.24, 2.45) is 0 Å². The lowest BCUT2D eigenvalue weighted by Crippen LogP contribution is -1.84. The molecule has 0 aliphatic carbocycles. The van der Waals surface area contributed by atoms with E-state index in [2.05, 4.69) is 13.8 Å². The van der Waals surface area contributed by atoms with Crippen LogP contribution in [0.2, 0.25) is 0 Å². The fourth-order valence-electron chi connectivity index (χ4n) is 2.26. The van der Waals surface area contributed by atoms with Crippen LogP contribution in [-0.4, -0.2) is 20.4 Å². The van der Waals surface area contributed by atoms with Crippen molar-refractivity contribution in [3.63, 3.8) is 0 Å². The second kappa shape index (κ2) is 10.4. The average molecular weight is 332 g/mol. The molecule has 4 N–H and O–H groups in total. The second-order valence-corrected chi connectivity index (χ2v) is 5.83. The summed E-state index contributed by atoms with van der Waals surface area (Å²) < 4.78 is 0. The van der Waals surface area contributed by atoms with Crippen molar-refractivity contribution in [1.29, 1.82) is 0 Å². The van der Waals surface area contributed by atoms with Crippen molar-refractivity contribution >= 4 is 0 Å². The predicted octanol–water partition coefficient (Wildman–Crippen LogP) is 4.88. The monoisotopic (exact) mass is 332 g/mol. The summed E-state index contributed by atoms with van der Waals surface area (Å²) >= 11 is 0. The molecule has 0 spiro atoms. The quantitative estimate of drug-likeness (QED) is 0.607. The molecule has 0 aliphatic rings. The summed E-state index contributed by atoms with van der Waals surface area (Å²) in [6.07, 6.45) is 6.11. The van der Waals surface area contributed by atoms with E-state index in [1.54, 1.807) is 24.3 Å². The number of phenols is 4. The van der Waals surface area contributed by atoms with Gasteiger partial charge >= 0.3 is 0 Å². The zero-order chi connectivity index (χ0) is 17.9. The molecular weight excluding hydrogens is 304 g/mol. The first kappa shape index (κ1) is 19.7. The van der Waals surface area contributed by atoms with Crippen molar-refractivity contribution in [3.05, 3.63) is 47.5 Å². The highest BCUT2D eigenvalue weighted by Crippen LogP contribution is 2.24. The second-order valence-electron chi connectivity index (χ2n) is 5.83. The van der Waals surface area contributed by atoms with Gasteiger partial charge < -0.3 is 20.4 Å². The van der Waals surface area contributed by atoms with E-state index in [4.69, 9.17) is 10.2 Å². The number of aryl methyl sites for hydroxylation is 2. The Morgan fingerprint density at radius 3 is 1.29 bits per heavy atom. The Labute approximate surface area is 144 Å². The minimum Gasteiger partial charge on any atom is -0.508 e. The number of unbranched alkanes of at least 4 members (excludes halogenated alkanes) is 2. The molecule has 24 heavy (non-hydrogen) atoms. The predicted molar refractivity (Wildman–Crippen MR) is 96.8 cm³/mol. The molecule has 0 atom stereocenters. The lowest BCUT2D eigenvalue weighted by molar-refractivity contribution is 0.444. The zero-order valence-electron chi connectivity index (χ0n) is 14.5. The minimum atomic E-state index is 0.118. The van der Waals surface area contributed by atoms with E-state index in [0.29, 0.717) is 0 Å². The standard InChI is InChI=1S/2C10H14O2/c2*1-2-3-4-8-5-6-9(11)7-10(8)12/h2*5-7,11-12H,2-4H2,1H3. The summed E-state index contributed by atoms with van der Waals surface area (Å²) in [6, 6.07) is 9.49. The first-order valence-electron chi connectivity index (χ1n) is 8.49. The van der Waals surface area contributed by atoms with E-state index >= 15 is 0 Å². The van der Waals surface area contributed by atoms with Gasteiger partial charge in [-0.15, -0.1) is 0 Å². The van der Waals surface area contributed by atoms with Gasteiger partial charge in [-0.05, 0) is 48.9 Å². The van der Waals surface area contributed by atoms with Gasteiger partial charge in [0.25, 0.3) is 0 Å². The SMILES string of the molecule is CCCCc1ccc(O)cc1O.CCCCc1ccc(O)cc1O. The fourth-order valence-corrected chi connectivity index (χ4v) is 2.26. The maximum atomic E-state index is 9.36. The number of phenolic OH excluding ortho intramolecular Hbond substituents is 4. The average Bonchev–Trinajstić information content (AvgIpc) is 2.54. The van der Waals surface area contributed by atoms with Crippen LogP contribution < -0.4 is 0 Å². The van der Waals surface area contributed by atoms with E-state index in [9.17, 15) is 10.2 Å². The number of hydrogen-bond donors (Lipinski definition) is 4. The molecule has 4 nitrogen and oxygen atoms in total. The van der Waals surface area contributed by atoms with Crippen LogP contribution in [0.5, 0.6) is 23.0 Å². The number of rotatable bonds is 6. The van der Waals surface area contributed by atoms with E-state index in [0.717, 1.165) is 49.7 Å². The van der Waals surface area contributed by atoms with Crippen molar-refractivity contribution in [3.8, 4) is 23.0 Å². The van der Waals surface area contributed by atoms with Crippen LogP contribution >= 0.6 is 0 Å². The summed E-state index contributed by atoms with van der Waals surface area (Å²) in [5, 5.41) is 36.7. The molecule has 0 bridgehead atoms. The van der Waals surface area contributed by atoms with Crippen molar-refractivity contribution in [2.45, 2.75) is 52.4 Å². The molecule has 132 valence electrons. The Morgan fingerprint density at radius 1 is 0.625 bits per heavy atom. The summed E-state index contributed by atoms with van der Waals surface area (Å²) in [7, 11) is 0. The highest BCUT2D eigenvalue weighted by atomic mass is 16.3. The van der Waals surface area contributed by atoms with Gasteiger partial charge in [-0.2, -0.15) is 0 Å². The summed E-state index contributed by atoms with van der Waals surface area (Å²) in [4.78, 5) is 0. The van der Waals surface area contributed by atoms with Gasteiger partial charge in [0, 0.05) is 12.1 Å². The summed E-state index contributed by atoms with van der Waals surface area (Å²) in [6.45, 7) is 4.22. The molecule has 2 aromatic rings. The zero-order valence-corrected chi connectivity index (χ0v) is 14.5. The van der Waals surface area contributed by atoms with Crippen LogP contribution in [0.3, 0.4) is 0 Å². The van der Waals surface area contributed by atoms with Crippen LogP contribution in [0.25, 0.3) is 0 Å². The van der Waals surface area contributed by atoms with Gasteiger partial charge in [0.05, 0.1) is 0 Å². The molecule has 0 radical (unpaired) electrons. The first-order chi connectivity index (χ1) is 11.5. The van der Waals surface area contributed by atoms with Crippen LogP contribution in [0.15, 0.2) is 36.4 Å². The third kappa shape index (κ3) is 6.82. The molecule has 0 aliphatic heterocycles. The molecule has 0 saturated carbocycles. The Morgan fingerprint density at radius 2 is 1.00 bits per heavy atom. The topological polar surface area (TPSA) is 80.9 Å². The Bertz CT molecular complexity index is 568. The normalized spacial score (nSPS) is 10.1. The van der Waals surface area contributed by atoms with Gasteiger partial charge in [-0.3, -0.25) is 0 Å². The van der Waals surface area contributed by atoms with Crippen LogP contribution in [0.1, 0.15) is 50.7 Å². The van der Waals surface area contributed by atoms with Gasteiger partial charge in [0.2, 0.25) is 0 Å². The first-order valence-corrected chi connectivity index (χ1v) is 8.49. The van der Waals surface area contributed by atoms with E-state index < -0.39 is 0 Å². The molecular formula is C20H28O4. The number of benzene rings is 2. The fraction of sp³-hybridized carbons (Fsp3) is 0.400. The lowest BCUT2D eigenvalue weighted by atomic mass is 10.1. The Kier molecular flexibility index (Phi) is 8.55. The number of hydrogen-bond acceptors (Lipinski definition) is 4. The lowest BCUT2D eigenvalue weighted by Gasteiger charge is -2.03. The maximum absolute atomic E-state index is 9.36. The Balaban J connectivity index is 0.000000240. The molecule has 0 aromatic heterocycles. The molecule has 0 unspecified atom stereocenters. The summed E-state index contributed by atoms with van der Waals surface area (Å²) in [5.74, 6) is 0.632. The maximum Gasteiger partial charge on any atom is 0.122 e. The largest absolute Gasteiger partial charge is 0.508 e. The molecule has 0 saturated heterocycles. The third-order valence-corrected chi connectivity index (χ3v) is 3.74. The van der Waals surface area contributed by atoms with Crippen LogP contribution in [0, 0.1) is 0 Å². The van der Waals surface area contributed by atoms with Gasteiger partial charge in [0.15, 0.2) is 0 Å². The van der Waals surface area contributed by atoms with Gasteiger partial charge in [-0.1, -0.05) is 38.8 Å². The summed E-state index contributed by atoms with van der Waals surface area (Å²) in [5.41, 5.74) is 1.82. The van der Waals surface area contributed by atoms with Gasteiger partial charge in [0.1, 0.15) is 23.0 Å². The van der Waals surface area contributed by atoms with Crippen molar-refractivity contribution in [1.82, 2.24) is 0 Å². The van der Waals surface area contributed by atoms with Crippen molar-refractivity contribution in [2.75, 3.05) is 0 Å². The molecule has 2 aromatic carbocycles. The minimum absolute atomic E-state index is 0.118. The van der Waals surface area contributed by atoms with E-state index in [1.807, 2.05) is 0 Å². The Hall–Kier alpha value is -2.36. The van der Waals surface area contributed by atoms with Crippen molar-refractivity contribution < 1.29 is 20.4 Å². The molecule has 0 amide bonds. The molecule has 0 fully saturated rings. The van der Waals surface area contributed by atoms with Gasteiger partial charge in [-0.25, -0.2) is 0 Å². The van der Waals surface area contributed by atoms with Crippen LogP contribution in [0.4, 0.5) is 0 Å². The van der Waals surface area contributed by atoms with E-state index in [1.165, 1.54) is 12.1 Å².